The maximum atomic E-state index is 14.8. The highest BCUT2D eigenvalue weighted by Crippen LogP contribution is 2.39. The molecule has 0 spiro atoms. The first-order valence-corrected chi connectivity index (χ1v) is 12.5. The van der Waals surface area contributed by atoms with Gasteiger partial charge in [0.2, 0.25) is 11.6 Å². The van der Waals surface area contributed by atoms with E-state index in [9.17, 15) is 30.7 Å². The molecule has 0 unspecified atom stereocenters. The summed E-state index contributed by atoms with van der Waals surface area (Å²) < 4.78 is 108. The van der Waals surface area contributed by atoms with Crippen LogP contribution in [0.2, 0.25) is 0 Å². The Hall–Kier alpha value is -3.23. The van der Waals surface area contributed by atoms with Crippen LogP contribution in [0.25, 0.3) is 0 Å². The van der Waals surface area contributed by atoms with E-state index in [4.69, 9.17) is 4.74 Å². The summed E-state index contributed by atoms with van der Waals surface area (Å²) in [7, 11) is 0. The van der Waals surface area contributed by atoms with Crippen molar-refractivity contribution >= 4 is 0 Å². The molecule has 0 amide bonds. The molecule has 1 saturated carbocycles. The molecule has 3 aromatic carbocycles. The first-order chi connectivity index (χ1) is 18.1. The molecule has 0 bridgehead atoms. The molecule has 0 atom stereocenters. The summed E-state index contributed by atoms with van der Waals surface area (Å²) in [5, 5.41) is 0. The van der Waals surface area contributed by atoms with Gasteiger partial charge in [0.15, 0.2) is 29.0 Å². The normalized spacial score (nSPS) is 17.9. The Morgan fingerprint density at radius 3 is 1.95 bits per heavy atom. The van der Waals surface area contributed by atoms with Gasteiger partial charge in [0.25, 0.3) is 0 Å². The zero-order valence-corrected chi connectivity index (χ0v) is 20.7. The van der Waals surface area contributed by atoms with Gasteiger partial charge in [0.05, 0.1) is 5.56 Å². The molecule has 0 aromatic heterocycles. The van der Waals surface area contributed by atoms with E-state index in [1.807, 2.05) is 0 Å². The Balaban J connectivity index is 1.41. The van der Waals surface area contributed by atoms with Gasteiger partial charge in [0, 0.05) is 0 Å². The number of hydrogen-bond acceptors (Lipinski definition) is 2. The van der Waals surface area contributed by atoms with Gasteiger partial charge in [-0.3, -0.25) is 0 Å². The quantitative estimate of drug-likeness (QED) is 0.199. The molecule has 9 heteroatoms. The van der Waals surface area contributed by atoms with Crippen LogP contribution >= 0.6 is 0 Å². The molecule has 38 heavy (non-hydrogen) atoms. The van der Waals surface area contributed by atoms with Crippen molar-refractivity contribution in [1.29, 1.82) is 0 Å². The maximum absolute atomic E-state index is 14.8. The van der Waals surface area contributed by atoms with E-state index in [1.54, 1.807) is 12.1 Å². The third-order valence-electron chi connectivity index (χ3n) is 6.95. The maximum Gasteiger partial charge on any atom is 0.426 e. The number of ether oxygens (including phenoxy) is 2. The summed E-state index contributed by atoms with van der Waals surface area (Å²) in [6, 6.07) is 8.55. The van der Waals surface area contributed by atoms with Crippen LogP contribution in [0.15, 0.2) is 48.5 Å². The predicted octanol–water partition coefficient (Wildman–Crippen LogP) is 9.16. The summed E-state index contributed by atoms with van der Waals surface area (Å²) in [4.78, 5) is 0. The molecule has 0 saturated heterocycles. The summed E-state index contributed by atoms with van der Waals surface area (Å²) in [5.74, 6) is -8.73. The van der Waals surface area contributed by atoms with Crippen molar-refractivity contribution in [1.82, 2.24) is 0 Å². The molecule has 0 radical (unpaired) electrons. The van der Waals surface area contributed by atoms with Gasteiger partial charge in [-0.15, -0.1) is 0 Å². The van der Waals surface area contributed by atoms with Crippen LogP contribution in [0.1, 0.15) is 68.1 Å². The lowest BCUT2D eigenvalue weighted by Gasteiger charge is -2.29. The Bertz CT molecular complexity index is 1230. The number of rotatable bonds is 9. The highest BCUT2D eigenvalue weighted by molar-refractivity contribution is 5.36. The zero-order valence-electron chi connectivity index (χ0n) is 20.7. The van der Waals surface area contributed by atoms with E-state index < -0.39 is 58.9 Å². The largest absolute Gasteiger partial charge is 0.486 e. The molecule has 204 valence electrons. The second-order valence-electron chi connectivity index (χ2n) is 9.60. The minimum Gasteiger partial charge on any atom is -0.486 e. The average Bonchev–Trinajstić information content (AvgIpc) is 2.90. The fourth-order valence-corrected chi connectivity index (χ4v) is 4.90. The van der Waals surface area contributed by atoms with Gasteiger partial charge >= 0.3 is 6.11 Å². The summed E-state index contributed by atoms with van der Waals surface area (Å²) in [5.41, 5.74) is 0.256. The number of halogens is 7. The Kier molecular flexibility index (Phi) is 8.53. The monoisotopic (exact) mass is 540 g/mol. The van der Waals surface area contributed by atoms with Gasteiger partial charge in [-0.25, -0.2) is 13.2 Å². The third kappa shape index (κ3) is 6.25. The number of hydrogen-bond donors (Lipinski definition) is 0. The highest BCUT2D eigenvalue weighted by Gasteiger charge is 2.36. The highest BCUT2D eigenvalue weighted by atomic mass is 19.3. The Morgan fingerprint density at radius 1 is 0.763 bits per heavy atom. The number of benzene rings is 3. The lowest BCUT2D eigenvalue weighted by atomic mass is 9.77. The molecule has 2 nitrogen and oxygen atoms in total. The fourth-order valence-electron chi connectivity index (χ4n) is 4.90. The second-order valence-corrected chi connectivity index (χ2v) is 9.60. The van der Waals surface area contributed by atoms with Crippen molar-refractivity contribution in [2.24, 2.45) is 5.92 Å². The topological polar surface area (TPSA) is 18.5 Å². The molecule has 0 aliphatic heterocycles. The summed E-state index contributed by atoms with van der Waals surface area (Å²) >= 11 is 0. The van der Waals surface area contributed by atoms with Crippen LogP contribution < -0.4 is 9.47 Å². The molecular weight excluding hydrogens is 513 g/mol. The Morgan fingerprint density at radius 2 is 1.34 bits per heavy atom. The van der Waals surface area contributed by atoms with E-state index in [-0.39, 0.29) is 5.56 Å². The molecule has 4 rings (SSSR count). The van der Waals surface area contributed by atoms with E-state index in [0.717, 1.165) is 49.8 Å². The fraction of sp³-hybridized carbons (Fsp3) is 0.379. The zero-order chi connectivity index (χ0) is 27.4. The molecule has 3 aromatic rings. The summed E-state index contributed by atoms with van der Waals surface area (Å²) in [6.45, 7) is 1.53. The molecule has 0 N–H and O–H groups in total. The first kappa shape index (κ1) is 27.8. The van der Waals surface area contributed by atoms with Crippen molar-refractivity contribution in [2.75, 3.05) is 0 Å². The van der Waals surface area contributed by atoms with Gasteiger partial charge in [0.1, 0.15) is 6.61 Å². The van der Waals surface area contributed by atoms with E-state index >= 15 is 0 Å². The van der Waals surface area contributed by atoms with Crippen LogP contribution in [0, 0.1) is 35.0 Å². The molecular formula is C29H27F7O2. The lowest BCUT2D eigenvalue weighted by molar-refractivity contribution is -0.187. The van der Waals surface area contributed by atoms with Crippen molar-refractivity contribution in [3.8, 4) is 11.5 Å². The van der Waals surface area contributed by atoms with Crippen LogP contribution in [0.5, 0.6) is 11.5 Å². The van der Waals surface area contributed by atoms with Crippen molar-refractivity contribution < 1.29 is 40.2 Å². The molecule has 1 aliphatic rings. The second kappa shape index (κ2) is 11.7. The third-order valence-corrected chi connectivity index (χ3v) is 6.95. The first-order valence-electron chi connectivity index (χ1n) is 12.5. The van der Waals surface area contributed by atoms with Crippen molar-refractivity contribution in [3.63, 3.8) is 0 Å². The minimum absolute atomic E-state index is 0.189. The Labute approximate surface area is 216 Å². The standard InChI is InChI=1S/C29H27F7O2/c1-2-3-17-4-6-19(7-5-17)20-8-10-21(11-9-20)29(35,36)38-25-13-12-24(27(33)28(25)34)37-16-18-14-22(30)26(32)23(31)15-18/h8-15,17,19H,2-7,16H2,1H3. The van der Waals surface area contributed by atoms with E-state index in [2.05, 4.69) is 11.7 Å². The lowest BCUT2D eigenvalue weighted by Crippen LogP contribution is -2.23. The van der Waals surface area contributed by atoms with Crippen molar-refractivity contribution in [3.05, 3.63) is 94.3 Å². The molecule has 0 heterocycles. The SMILES string of the molecule is CCCC1CCC(c2ccc(C(F)(F)Oc3ccc(OCc4cc(F)c(F)c(F)c4)c(F)c3F)cc2)CC1. The average molecular weight is 541 g/mol. The van der Waals surface area contributed by atoms with Crippen LogP contribution in [-0.4, -0.2) is 0 Å². The van der Waals surface area contributed by atoms with Gasteiger partial charge < -0.3 is 9.47 Å². The molecule has 1 fully saturated rings. The molecule has 1 aliphatic carbocycles. The smallest absolute Gasteiger partial charge is 0.426 e. The minimum atomic E-state index is -3.95. The number of alkyl halides is 2. The van der Waals surface area contributed by atoms with Gasteiger partial charge in [-0.05, 0) is 85.0 Å². The van der Waals surface area contributed by atoms with Gasteiger partial charge in [-0.1, -0.05) is 31.9 Å². The van der Waals surface area contributed by atoms with Crippen LogP contribution in [0.3, 0.4) is 0 Å². The summed E-state index contributed by atoms with van der Waals surface area (Å²) in [6.07, 6.45) is 2.63. The van der Waals surface area contributed by atoms with Gasteiger partial charge in [-0.2, -0.15) is 17.6 Å². The predicted molar refractivity (Wildman–Crippen MR) is 128 cm³/mol. The van der Waals surface area contributed by atoms with E-state index in [1.165, 1.54) is 18.6 Å². The van der Waals surface area contributed by atoms with E-state index in [0.29, 0.717) is 24.0 Å². The van der Waals surface area contributed by atoms with Crippen LogP contribution in [-0.2, 0) is 12.7 Å². The van der Waals surface area contributed by atoms with Crippen molar-refractivity contribution in [2.45, 2.75) is 64.1 Å². The van der Waals surface area contributed by atoms with Crippen LogP contribution in [0.4, 0.5) is 30.7 Å².